The molecule has 9 heteroatoms. The molecule has 3 rings (SSSR count). The number of benzene rings is 2. The third-order valence-corrected chi connectivity index (χ3v) is 6.02. The van der Waals surface area contributed by atoms with E-state index in [0.29, 0.717) is 11.1 Å². The first-order chi connectivity index (χ1) is 13.9. The molecule has 0 aliphatic heterocycles. The molecule has 1 atom stereocenters. The van der Waals surface area contributed by atoms with Crippen molar-refractivity contribution in [1.29, 1.82) is 0 Å². The Labute approximate surface area is 180 Å². The molecule has 2 aromatic rings. The highest BCUT2D eigenvalue weighted by Crippen LogP contribution is 2.47. The van der Waals surface area contributed by atoms with Crippen LogP contribution in [0.15, 0.2) is 30.3 Å². The highest BCUT2D eigenvalue weighted by atomic mass is 35.5. The minimum absolute atomic E-state index is 0.0167. The van der Waals surface area contributed by atoms with Crippen molar-refractivity contribution < 1.29 is 32.6 Å². The Morgan fingerprint density at radius 3 is 2.40 bits per heavy atom. The van der Waals surface area contributed by atoms with E-state index >= 15 is 0 Å². The SMILES string of the molecule is C[C@@]1(c2ccc(C(F)(F)F)cc2)Cc2cc(OCCCC(=O)O)c(Cl)c(Cl)c2C1=O. The van der Waals surface area contributed by atoms with E-state index < -0.39 is 23.1 Å². The normalized spacial score (nSPS) is 18.4. The minimum Gasteiger partial charge on any atom is -0.492 e. The summed E-state index contributed by atoms with van der Waals surface area (Å²) in [5, 5.41) is 8.74. The lowest BCUT2D eigenvalue weighted by Crippen LogP contribution is -2.29. The summed E-state index contributed by atoms with van der Waals surface area (Å²) in [6.45, 7) is 1.75. The Kier molecular flexibility index (Phi) is 6.07. The van der Waals surface area contributed by atoms with E-state index in [1.807, 2.05) is 0 Å². The quantitative estimate of drug-likeness (QED) is 0.540. The fourth-order valence-corrected chi connectivity index (χ4v) is 4.05. The van der Waals surface area contributed by atoms with Crippen LogP contribution in [0, 0.1) is 0 Å². The Morgan fingerprint density at radius 2 is 1.83 bits per heavy atom. The summed E-state index contributed by atoms with van der Waals surface area (Å²) in [5.74, 6) is -1.05. The summed E-state index contributed by atoms with van der Waals surface area (Å²) in [5.41, 5.74) is -0.655. The summed E-state index contributed by atoms with van der Waals surface area (Å²) in [6, 6.07) is 6.07. The van der Waals surface area contributed by atoms with E-state index in [1.165, 1.54) is 12.1 Å². The van der Waals surface area contributed by atoms with Gasteiger partial charge in [0.2, 0.25) is 0 Å². The van der Waals surface area contributed by atoms with Gasteiger partial charge in [-0.2, -0.15) is 13.2 Å². The monoisotopic (exact) mass is 460 g/mol. The van der Waals surface area contributed by atoms with Gasteiger partial charge in [-0.3, -0.25) is 9.59 Å². The number of aliphatic carboxylic acids is 1. The van der Waals surface area contributed by atoms with Gasteiger partial charge in [-0.1, -0.05) is 35.3 Å². The number of ketones is 1. The van der Waals surface area contributed by atoms with Crippen LogP contribution in [-0.2, 0) is 22.8 Å². The zero-order valence-corrected chi connectivity index (χ0v) is 17.3. The minimum atomic E-state index is -4.47. The topological polar surface area (TPSA) is 63.6 Å². The van der Waals surface area contributed by atoms with Crippen LogP contribution in [0.25, 0.3) is 0 Å². The lowest BCUT2D eigenvalue weighted by molar-refractivity contribution is -0.138. The third kappa shape index (κ3) is 4.14. The second-order valence-electron chi connectivity index (χ2n) is 7.30. The van der Waals surface area contributed by atoms with Crippen molar-refractivity contribution in [1.82, 2.24) is 0 Å². The number of Topliss-reactive ketones (excluding diaryl/α,β-unsaturated/α-hetero) is 1. The molecule has 0 fully saturated rings. The van der Waals surface area contributed by atoms with Crippen LogP contribution in [-0.4, -0.2) is 23.5 Å². The first-order valence-electron chi connectivity index (χ1n) is 9.03. The van der Waals surface area contributed by atoms with Gasteiger partial charge in [0.15, 0.2) is 5.78 Å². The highest BCUT2D eigenvalue weighted by molar-refractivity contribution is 6.45. The molecule has 4 nitrogen and oxygen atoms in total. The van der Waals surface area contributed by atoms with Gasteiger partial charge in [-0.25, -0.2) is 0 Å². The van der Waals surface area contributed by atoms with Gasteiger partial charge in [-0.15, -0.1) is 0 Å². The van der Waals surface area contributed by atoms with Gasteiger partial charge < -0.3 is 9.84 Å². The Bertz CT molecular complexity index is 1000. The van der Waals surface area contributed by atoms with Gasteiger partial charge in [0.05, 0.1) is 22.6 Å². The van der Waals surface area contributed by atoms with Crippen molar-refractivity contribution in [3.63, 3.8) is 0 Å². The molecule has 0 unspecified atom stereocenters. The van der Waals surface area contributed by atoms with E-state index in [9.17, 15) is 22.8 Å². The van der Waals surface area contributed by atoms with E-state index in [-0.39, 0.29) is 53.0 Å². The fourth-order valence-electron chi connectivity index (χ4n) is 3.55. The number of rotatable bonds is 6. The second-order valence-corrected chi connectivity index (χ2v) is 8.05. The summed E-state index contributed by atoms with van der Waals surface area (Å²) < 4.78 is 44.1. The van der Waals surface area contributed by atoms with E-state index in [4.69, 9.17) is 33.0 Å². The zero-order chi connectivity index (χ0) is 22.3. The molecule has 0 spiro atoms. The molecule has 1 aliphatic carbocycles. The van der Waals surface area contributed by atoms with Crippen LogP contribution in [0.5, 0.6) is 5.75 Å². The maximum Gasteiger partial charge on any atom is 0.416 e. The largest absolute Gasteiger partial charge is 0.492 e. The van der Waals surface area contributed by atoms with Gasteiger partial charge in [0.1, 0.15) is 10.8 Å². The molecule has 0 saturated carbocycles. The number of ether oxygens (including phenoxy) is 1. The number of hydrogen-bond donors (Lipinski definition) is 1. The molecule has 30 heavy (non-hydrogen) atoms. The molecule has 0 bridgehead atoms. The smallest absolute Gasteiger partial charge is 0.416 e. The molecule has 0 heterocycles. The van der Waals surface area contributed by atoms with Crippen molar-refractivity contribution in [2.24, 2.45) is 0 Å². The van der Waals surface area contributed by atoms with Crippen molar-refractivity contribution in [3.05, 3.63) is 62.6 Å². The van der Waals surface area contributed by atoms with Crippen LogP contribution in [0.2, 0.25) is 10.0 Å². The van der Waals surface area contributed by atoms with Gasteiger partial charge >= 0.3 is 12.1 Å². The lowest BCUT2D eigenvalue weighted by atomic mass is 9.78. The van der Waals surface area contributed by atoms with Crippen LogP contribution in [0.3, 0.4) is 0 Å². The first-order valence-corrected chi connectivity index (χ1v) is 9.78. The maximum atomic E-state index is 13.1. The van der Waals surface area contributed by atoms with Crippen LogP contribution >= 0.6 is 23.2 Å². The second kappa shape index (κ2) is 8.12. The third-order valence-electron chi connectivity index (χ3n) is 5.17. The molecular formula is C21H17Cl2F3O4. The molecular weight excluding hydrogens is 444 g/mol. The predicted octanol–water partition coefficient (Wildman–Crippen LogP) is 5.95. The molecule has 1 aliphatic rings. The van der Waals surface area contributed by atoms with Crippen molar-refractivity contribution >= 4 is 35.0 Å². The molecule has 0 saturated heterocycles. The first kappa shape index (κ1) is 22.4. The molecule has 0 aromatic heterocycles. The fraction of sp³-hybridized carbons (Fsp3) is 0.333. The number of fused-ring (bicyclic) bond motifs is 1. The molecule has 1 N–H and O–H groups in total. The lowest BCUT2D eigenvalue weighted by Gasteiger charge is -2.23. The number of halogens is 5. The van der Waals surface area contributed by atoms with Crippen LogP contribution < -0.4 is 4.74 Å². The van der Waals surface area contributed by atoms with Crippen molar-refractivity contribution in [2.45, 2.75) is 37.8 Å². The standard InChI is InChI=1S/C21H17Cl2F3O4/c1-20(12-4-6-13(7-5-12)21(24,25)26)10-11-9-14(30-8-2-3-15(27)28)17(22)18(23)16(11)19(20)29/h4-7,9H,2-3,8,10H2,1H3,(H,27,28)/t20-/m0/s1. The molecule has 160 valence electrons. The number of hydrogen-bond acceptors (Lipinski definition) is 3. The molecule has 0 amide bonds. The number of carboxylic acid groups (broad SMARTS) is 1. The van der Waals surface area contributed by atoms with Gasteiger partial charge in [0, 0.05) is 12.0 Å². The van der Waals surface area contributed by atoms with Gasteiger partial charge in [-0.05, 0) is 49.1 Å². The van der Waals surface area contributed by atoms with E-state index in [0.717, 1.165) is 12.1 Å². The number of carboxylic acids is 1. The zero-order valence-electron chi connectivity index (χ0n) is 15.8. The van der Waals surface area contributed by atoms with E-state index in [2.05, 4.69) is 0 Å². The van der Waals surface area contributed by atoms with Gasteiger partial charge in [0.25, 0.3) is 0 Å². The summed E-state index contributed by atoms with van der Waals surface area (Å²) in [6.07, 6.45) is -4.05. The average molecular weight is 461 g/mol. The van der Waals surface area contributed by atoms with E-state index in [1.54, 1.807) is 13.0 Å². The van der Waals surface area contributed by atoms with Crippen LogP contribution in [0.1, 0.15) is 46.8 Å². The van der Waals surface area contributed by atoms with Crippen molar-refractivity contribution in [2.75, 3.05) is 6.61 Å². The Morgan fingerprint density at radius 1 is 1.20 bits per heavy atom. The average Bonchev–Trinajstić information content (AvgIpc) is 2.93. The van der Waals surface area contributed by atoms with Crippen molar-refractivity contribution in [3.8, 4) is 5.75 Å². The Hall–Kier alpha value is -2.25. The number of carbonyl (C=O) groups is 2. The summed E-state index contributed by atoms with van der Waals surface area (Å²) >= 11 is 12.6. The maximum absolute atomic E-state index is 13.1. The predicted molar refractivity (Wildman–Crippen MR) is 106 cm³/mol. The molecule has 0 radical (unpaired) electrons. The Balaban J connectivity index is 1.89. The summed E-state index contributed by atoms with van der Waals surface area (Å²) in [4.78, 5) is 23.7. The molecule has 2 aromatic carbocycles. The number of carbonyl (C=O) groups excluding carboxylic acids is 1. The summed E-state index contributed by atoms with van der Waals surface area (Å²) in [7, 11) is 0. The van der Waals surface area contributed by atoms with Crippen LogP contribution in [0.4, 0.5) is 13.2 Å². The number of alkyl halides is 3. The highest BCUT2D eigenvalue weighted by Gasteiger charge is 2.45.